The van der Waals surface area contributed by atoms with Crippen LogP contribution < -0.4 is 5.32 Å². The van der Waals surface area contributed by atoms with E-state index in [4.69, 9.17) is 0 Å². The summed E-state index contributed by atoms with van der Waals surface area (Å²) in [5.41, 5.74) is -0.483. The molecule has 0 radical (unpaired) electrons. The summed E-state index contributed by atoms with van der Waals surface area (Å²) in [6.45, 7) is 1.80. The van der Waals surface area contributed by atoms with Crippen molar-refractivity contribution < 1.29 is 22.8 Å². The highest BCUT2D eigenvalue weighted by Gasteiger charge is 2.55. The second-order valence-corrected chi connectivity index (χ2v) is 7.88. The van der Waals surface area contributed by atoms with Crippen LogP contribution in [0.4, 0.5) is 18.0 Å². The molecule has 1 aromatic carbocycles. The topological polar surface area (TPSA) is 62.3 Å². The van der Waals surface area contributed by atoms with Gasteiger partial charge >= 0.3 is 12.2 Å². The van der Waals surface area contributed by atoms with E-state index in [-0.39, 0.29) is 18.4 Å². The predicted octanol–water partition coefficient (Wildman–Crippen LogP) is 4.05. The van der Waals surface area contributed by atoms with Crippen molar-refractivity contribution in [1.29, 1.82) is 0 Å². The number of hydrogen-bond donors (Lipinski definition) is 1. The van der Waals surface area contributed by atoms with Gasteiger partial charge in [0, 0.05) is 10.9 Å². The zero-order valence-electron chi connectivity index (χ0n) is 14.3. The maximum Gasteiger partial charge on any atom is 0.416 e. The Morgan fingerprint density at radius 1 is 1.26 bits per heavy atom. The summed E-state index contributed by atoms with van der Waals surface area (Å²) in [7, 11) is 0. The number of carbonyl (C=O) groups excluding carboxylic acids is 2. The number of nitrogens with zero attached hydrogens (tertiary/aromatic N) is 2. The molecule has 5 nitrogen and oxygen atoms in total. The molecule has 27 heavy (non-hydrogen) atoms. The Morgan fingerprint density at radius 3 is 2.52 bits per heavy atom. The molecule has 1 aliphatic heterocycles. The molecule has 1 N–H and O–H groups in total. The zero-order valence-corrected chi connectivity index (χ0v) is 15.2. The molecule has 142 valence electrons. The summed E-state index contributed by atoms with van der Waals surface area (Å²) >= 11 is 1.26. The molecule has 0 bridgehead atoms. The quantitative estimate of drug-likeness (QED) is 0.795. The number of amides is 3. The van der Waals surface area contributed by atoms with Crippen molar-refractivity contribution in [2.24, 2.45) is 5.92 Å². The molecule has 0 spiro atoms. The minimum Gasteiger partial charge on any atom is -0.323 e. The van der Waals surface area contributed by atoms with E-state index >= 15 is 0 Å². The number of hydrogen-bond acceptors (Lipinski definition) is 4. The van der Waals surface area contributed by atoms with Crippen LogP contribution in [0.15, 0.2) is 29.6 Å². The third-order valence-electron chi connectivity index (χ3n) is 5.03. The van der Waals surface area contributed by atoms with E-state index in [0.717, 1.165) is 29.9 Å². The maximum absolute atomic E-state index is 12.7. The van der Waals surface area contributed by atoms with Crippen molar-refractivity contribution in [1.82, 2.24) is 15.2 Å². The van der Waals surface area contributed by atoms with Gasteiger partial charge in [0.1, 0.15) is 10.5 Å². The normalized spacial score (nSPS) is 23.0. The first-order chi connectivity index (χ1) is 12.7. The molecule has 4 rings (SSSR count). The van der Waals surface area contributed by atoms with Crippen LogP contribution in [0.5, 0.6) is 0 Å². The van der Waals surface area contributed by atoms with Crippen LogP contribution >= 0.6 is 11.3 Å². The molecule has 1 saturated carbocycles. The number of halogens is 3. The average Bonchev–Trinajstić information content (AvgIpc) is 3.33. The molecular formula is C18H16F3N3O2S. The van der Waals surface area contributed by atoms with Gasteiger partial charge in [-0.2, -0.15) is 13.2 Å². The van der Waals surface area contributed by atoms with E-state index in [1.807, 2.05) is 0 Å². The first-order valence-electron chi connectivity index (χ1n) is 8.44. The van der Waals surface area contributed by atoms with Gasteiger partial charge in [-0.25, -0.2) is 9.78 Å². The fourth-order valence-corrected chi connectivity index (χ4v) is 4.09. The van der Waals surface area contributed by atoms with E-state index in [9.17, 15) is 22.8 Å². The van der Waals surface area contributed by atoms with E-state index in [2.05, 4.69) is 10.3 Å². The molecule has 1 aliphatic carbocycles. The minimum atomic E-state index is -4.38. The lowest BCUT2D eigenvalue weighted by Crippen LogP contribution is -2.46. The fraction of sp³-hybridized carbons (Fsp3) is 0.389. The second kappa shape index (κ2) is 6.05. The summed E-state index contributed by atoms with van der Waals surface area (Å²) < 4.78 is 38.0. The number of benzene rings is 1. The first-order valence-corrected chi connectivity index (χ1v) is 9.32. The molecule has 2 heterocycles. The Hall–Kier alpha value is -2.42. The van der Waals surface area contributed by atoms with Gasteiger partial charge in [0.25, 0.3) is 5.91 Å². The van der Waals surface area contributed by atoms with E-state index in [1.165, 1.54) is 23.5 Å². The van der Waals surface area contributed by atoms with E-state index < -0.39 is 23.3 Å². The predicted molar refractivity (Wildman–Crippen MR) is 92.8 cm³/mol. The Bertz CT molecular complexity index is 905. The Balaban J connectivity index is 1.50. The van der Waals surface area contributed by atoms with Gasteiger partial charge in [0.05, 0.1) is 17.8 Å². The molecule has 1 atom stereocenters. The molecule has 1 aromatic heterocycles. The summed E-state index contributed by atoms with van der Waals surface area (Å²) in [4.78, 5) is 30.4. The van der Waals surface area contributed by atoms with Crippen molar-refractivity contribution in [3.63, 3.8) is 0 Å². The highest BCUT2D eigenvalue weighted by atomic mass is 32.1. The van der Waals surface area contributed by atoms with Crippen LogP contribution in [0.2, 0.25) is 0 Å². The summed E-state index contributed by atoms with van der Waals surface area (Å²) in [5.74, 6) is -0.0730. The molecule has 2 aromatic rings. The third kappa shape index (κ3) is 3.20. The largest absolute Gasteiger partial charge is 0.416 e. The van der Waals surface area contributed by atoms with Crippen molar-refractivity contribution in [3.8, 4) is 10.6 Å². The van der Waals surface area contributed by atoms with Gasteiger partial charge in [-0.3, -0.25) is 9.69 Å². The molecule has 2 fully saturated rings. The number of carbonyl (C=O) groups is 2. The minimum absolute atomic E-state index is 0.0457. The van der Waals surface area contributed by atoms with Crippen LogP contribution in [0.25, 0.3) is 10.6 Å². The lowest BCUT2D eigenvalue weighted by Gasteiger charge is -2.20. The van der Waals surface area contributed by atoms with Gasteiger partial charge < -0.3 is 5.32 Å². The van der Waals surface area contributed by atoms with Gasteiger partial charge in [-0.1, -0.05) is 12.1 Å². The van der Waals surface area contributed by atoms with Crippen LogP contribution in [-0.2, 0) is 17.5 Å². The summed E-state index contributed by atoms with van der Waals surface area (Å²) in [5, 5.41) is 5.02. The molecule has 1 saturated heterocycles. The molecule has 2 aliphatic rings. The highest BCUT2D eigenvalue weighted by molar-refractivity contribution is 7.13. The number of thiazole rings is 1. The summed E-state index contributed by atoms with van der Waals surface area (Å²) in [6, 6.07) is 4.31. The number of rotatable bonds is 4. The van der Waals surface area contributed by atoms with Gasteiger partial charge in [0.15, 0.2) is 0 Å². The first kappa shape index (κ1) is 18.0. The standard InChI is InChI=1S/C18H16F3N3O2S/c1-17(11-6-7-11)15(25)24(16(26)23-17)8-13-9-27-14(22-13)10-2-4-12(5-3-10)18(19,20)21/h2-5,9,11H,6-8H2,1H3,(H,23,26). The van der Waals surface area contributed by atoms with Crippen LogP contribution in [0, 0.1) is 5.92 Å². The van der Waals surface area contributed by atoms with Gasteiger partial charge in [0.2, 0.25) is 0 Å². The van der Waals surface area contributed by atoms with Crippen molar-refractivity contribution >= 4 is 23.3 Å². The van der Waals surface area contributed by atoms with Crippen molar-refractivity contribution in [2.45, 2.75) is 38.0 Å². The SMILES string of the molecule is CC1(C2CC2)NC(=O)N(Cc2csc(-c3ccc(C(F)(F)F)cc3)n2)C1=O. The molecule has 3 amide bonds. The van der Waals surface area contributed by atoms with Crippen LogP contribution in [-0.4, -0.2) is 27.4 Å². The van der Waals surface area contributed by atoms with E-state index in [0.29, 0.717) is 16.3 Å². The van der Waals surface area contributed by atoms with Gasteiger partial charge in [-0.05, 0) is 37.8 Å². The zero-order chi connectivity index (χ0) is 19.4. The molecule has 9 heteroatoms. The Morgan fingerprint density at radius 2 is 1.93 bits per heavy atom. The number of urea groups is 1. The average molecular weight is 395 g/mol. The second-order valence-electron chi connectivity index (χ2n) is 7.02. The van der Waals surface area contributed by atoms with Gasteiger partial charge in [-0.15, -0.1) is 11.3 Å². The monoisotopic (exact) mass is 395 g/mol. The Kier molecular flexibility index (Phi) is 4.03. The van der Waals surface area contributed by atoms with E-state index in [1.54, 1.807) is 12.3 Å². The Labute approximate surface area is 157 Å². The number of nitrogens with one attached hydrogen (secondary N) is 1. The fourth-order valence-electron chi connectivity index (χ4n) is 3.27. The van der Waals surface area contributed by atoms with Crippen LogP contribution in [0.1, 0.15) is 31.0 Å². The molecular weight excluding hydrogens is 379 g/mol. The third-order valence-corrected chi connectivity index (χ3v) is 5.97. The maximum atomic E-state index is 12.7. The number of alkyl halides is 3. The number of imide groups is 1. The van der Waals surface area contributed by atoms with Crippen molar-refractivity contribution in [3.05, 3.63) is 40.9 Å². The molecule has 1 unspecified atom stereocenters. The lowest BCUT2D eigenvalue weighted by molar-refractivity contribution is -0.137. The lowest BCUT2D eigenvalue weighted by atomic mass is 9.96. The summed E-state index contributed by atoms with van der Waals surface area (Å²) in [6.07, 6.45) is -2.54. The van der Waals surface area contributed by atoms with Crippen LogP contribution in [0.3, 0.4) is 0 Å². The highest BCUT2D eigenvalue weighted by Crippen LogP contribution is 2.43. The smallest absolute Gasteiger partial charge is 0.323 e. The number of aromatic nitrogens is 1. The van der Waals surface area contributed by atoms with Crippen molar-refractivity contribution in [2.75, 3.05) is 0 Å².